The molecule has 0 aliphatic carbocycles. The number of amides is 1. The van der Waals surface area contributed by atoms with E-state index in [0.717, 1.165) is 5.69 Å². The molecule has 6 nitrogen and oxygen atoms in total. The zero-order valence-corrected chi connectivity index (χ0v) is 15.1. The van der Waals surface area contributed by atoms with Gasteiger partial charge in [-0.25, -0.2) is 0 Å². The van der Waals surface area contributed by atoms with E-state index < -0.39 is 0 Å². The standard InChI is InChI=1S/C17H22ClN3O3/c1-5-23-15-8-7-12(9-16(15)24-6-2)17(22)20(3)11-14-13(18)10-19-21(14)4/h7-10H,5-6,11H2,1-4H3. The van der Waals surface area contributed by atoms with Crippen molar-refractivity contribution in [1.82, 2.24) is 14.7 Å². The van der Waals surface area contributed by atoms with Gasteiger partial charge in [0.2, 0.25) is 0 Å². The molecular weight excluding hydrogens is 330 g/mol. The van der Waals surface area contributed by atoms with Gasteiger partial charge in [0.15, 0.2) is 11.5 Å². The van der Waals surface area contributed by atoms with Crippen LogP contribution in [-0.4, -0.2) is 40.8 Å². The van der Waals surface area contributed by atoms with E-state index in [9.17, 15) is 4.79 Å². The van der Waals surface area contributed by atoms with Crippen LogP contribution in [-0.2, 0) is 13.6 Å². The number of carbonyl (C=O) groups is 1. The highest BCUT2D eigenvalue weighted by Crippen LogP contribution is 2.29. The lowest BCUT2D eigenvalue weighted by molar-refractivity contribution is 0.0781. The molecule has 130 valence electrons. The summed E-state index contributed by atoms with van der Waals surface area (Å²) in [5, 5.41) is 4.62. The highest BCUT2D eigenvalue weighted by atomic mass is 35.5. The van der Waals surface area contributed by atoms with Crippen LogP contribution in [0, 0.1) is 0 Å². The smallest absolute Gasteiger partial charge is 0.254 e. The second kappa shape index (κ2) is 8.06. The van der Waals surface area contributed by atoms with Crippen LogP contribution in [0.15, 0.2) is 24.4 Å². The molecule has 1 aromatic heterocycles. The van der Waals surface area contributed by atoms with Gasteiger partial charge in [0.05, 0.1) is 36.7 Å². The maximum atomic E-state index is 12.7. The van der Waals surface area contributed by atoms with Crippen LogP contribution in [0.4, 0.5) is 0 Å². The molecule has 2 aromatic rings. The maximum Gasteiger partial charge on any atom is 0.254 e. The summed E-state index contributed by atoms with van der Waals surface area (Å²) in [6.07, 6.45) is 1.57. The van der Waals surface area contributed by atoms with Crippen molar-refractivity contribution in [3.05, 3.63) is 40.7 Å². The van der Waals surface area contributed by atoms with Gasteiger partial charge in [0, 0.05) is 19.7 Å². The number of halogens is 1. The predicted molar refractivity (Wildman–Crippen MR) is 92.8 cm³/mol. The Bertz CT molecular complexity index is 696. The van der Waals surface area contributed by atoms with E-state index in [1.165, 1.54) is 0 Å². The van der Waals surface area contributed by atoms with Crippen LogP contribution in [0.2, 0.25) is 5.02 Å². The van der Waals surface area contributed by atoms with Crippen molar-refractivity contribution in [2.24, 2.45) is 7.05 Å². The van der Waals surface area contributed by atoms with Crippen LogP contribution < -0.4 is 9.47 Å². The van der Waals surface area contributed by atoms with Crippen LogP contribution in [0.5, 0.6) is 11.5 Å². The van der Waals surface area contributed by atoms with E-state index in [0.29, 0.717) is 41.8 Å². The van der Waals surface area contributed by atoms with E-state index >= 15 is 0 Å². The molecule has 7 heteroatoms. The SMILES string of the molecule is CCOc1ccc(C(=O)N(C)Cc2c(Cl)cnn2C)cc1OCC. The highest BCUT2D eigenvalue weighted by molar-refractivity contribution is 6.31. The first-order chi connectivity index (χ1) is 11.5. The fourth-order valence-corrected chi connectivity index (χ4v) is 2.54. The summed E-state index contributed by atoms with van der Waals surface area (Å²) in [4.78, 5) is 14.3. The predicted octanol–water partition coefficient (Wildman–Crippen LogP) is 3.14. The fourth-order valence-electron chi connectivity index (χ4n) is 2.31. The average Bonchev–Trinajstić information content (AvgIpc) is 2.88. The monoisotopic (exact) mass is 351 g/mol. The van der Waals surface area contributed by atoms with E-state index in [-0.39, 0.29) is 5.91 Å². The number of aromatic nitrogens is 2. The zero-order valence-electron chi connectivity index (χ0n) is 14.4. The zero-order chi connectivity index (χ0) is 17.7. The third kappa shape index (κ3) is 4.00. The van der Waals surface area contributed by atoms with Crippen molar-refractivity contribution in [1.29, 1.82) is 0 Å². The van der Waals surface area contributed by atoms with Crippen LogP contribution in [0.3, 0.4) is 0 Å². The number of nitrogens with zero attached hydrogens (tertiary/aromatic N) is 3. The van der Waals surface area contributed by atoms with Crippen LogP contribution in [0.1, 0.15) is 29.9 Å². The second-order valence-electron chi connectivity index (χ2n) is 5.25. The Morgan fingerprint density at radius 3 is 2.50 bits per heavy atom. The van der Waals surface area contributed by atoms with Gasteiger partial charge in [-0.2, -0.15) is 5.10 Å². The van der Waals surface area contributed by atoms with E-state index in [1.54, 1.807) is 48.1 Å². The lowest BCUT2D eigenvalue weighted by atomic mass is 10.1. The molecule has 0 fully saturated rings. The molecule has 0 atom stereocenters. The van der Waals surface area contributed by atoms with E-state index in [1.807, 2.05) is 13.8 Å². The first-order valence-electron chi connectivity index (χ1n) is 7.79. The molecule has 0 radical (unpaired) electrons. The van der Waals surface area contributed by atoms with Gasteiger partial charge in [-0.05, 0) is 32.0 Å². The molecule has 24 heavy (non-hydrogen) atoms. The molecule has 0 aliphatic rings. The Morgan fingerprint density at radius 1 is 1.25 bits per heavy atom. The van der Waals surface area contributed by atoms with Crippen molar-refractivity contribution in [2.75, 3.05) is 20.3 Å². The lowest BCUT2D eigenvalue weighted by Crippen LogP contribution is -2.27. The quantitative estimate of drug-likeness (QED) is 0.769. The topological polar surface area (TPSA) is 56.6 Å². The summed E-state index contributed by atoms with van der Waals surface area (Å²) < 4.78 is 12.8. The largest absolute Gasteiger partial charge is 0.490 e. The van der Waals surface area contributed by atoms with E-state index in [4.69, 9.17) is 21.1 Å². The number of ether oxygens (including phenoxy) is 2. The maximum absolute atomic E-state index is 12.7. The van der Waals surface area contributed by atoms with Gasteiger partial charge < -0.3 is 14.4 Å². The molecule has 0 unspecified atom stereocenters. The number of rotatable bonds is 7. The van der Waals surface area contributed by atoms with Crippen molar-refractivity contribution < 1.29 is 14.3 Å². The molecular formula is C17H22ClN3O3. The summed E-state index contributed by atoms with van der Waals surface area (Å²) in [5.41, 5.74) is 1.31. The third-order valence-corrected chi connectivity index (χ3v) is 3.85. The molecule has 1 amide bonds. The minimum absolute atomic E-state index is 0.128. The number of carbonyl (C=O) groups excluding carboxylic acids is 1. The minimum Gasteiger partial charge on any atom is -0.490 e. The van der Waals surface area contributed by atoms with Gasteiger partial charge in [-0.15, -0.1) is 0 Å². The van der Waals surface area contributed by atoms with Crippen molar-refractivity contribution >= 4 is 17.5 Å². The Kier molecular flexibility index (Phi) is 6.09. The van der Waals surface area contributed by atoms with Gasteiger partial charge >= 0.3 is 0 Å². The average molecular weight is 352 g/mol. The fraction of sp³-hybridized carbons (Fsp3) is 0.412. The van der Waals surface area contributed by atoms with Crippen LogP contribution >= 0.6 is 11.6 Å². The number of hydrogen-bond acceptors (Lipinski definition) is 4. The molecule has 0 saturated carbocycles. The molecule has 2 rings (SSSR count). The van der Waals surface area contributed by atoms with Crippen LogP contribution in [0.25, 0.3) is 0 Å². The highest BCUT2D eigenvalue weighted by Gasteiger charge is 2.18. The van der Waals surface area contributed by atoms with Gasteiger partial charge in [0.1, 0.15) is 0 Å². The van der Waals surface area contributed by atoms with Crippen molar-refractivity contribution in [3.8, 4) is 11.5 Å². The van der Waals surface area contributed by atoms with Crippen molar-refractivity contribution in [2.45, 2.75) is 20.4 Å². The summed E-state index contributed by atoms with van der Waals surface area (Å²) >= 11 is 6.10. The van der Waals surface area contributed by atoms with Gasteiger partial charge in [-0.3, -0.25) is 9.48 Å². The van der Waals surface area contributed by atoms with Gasteiger partial charge in [-0.1, -0.05) is 11.6 Å². The van der Waals surface area contributed by atoms with Crippen molar-refractivity contribution in [3.63, 3.8) is 0 Å². The summed E-state index contributed by atoms with van der Waals surface area (Å²) in [5.74, 6) is 1.07. The minimum atomic E-state index is -0.128. The lowest BCUT2D eigenvalue weighted by Gasteiger charge is -2.19. The van der Waals surface area contributed by atoms with Gasteiger partial charge in [0.25, 0.3) is 5.91 Å². The Balaban J connectivity index is 2.20. The summed E-state index contributed by atoms with van der Waals surface area (Å²) in [6, 6.07) is 5.20. The molecule has 1 aromatic carbocycles. The third-order valence-electron chi connectivity index (χ3n) is 3.53. The molecule has 0 spiro atoms. The molecule has 1 heterocycles. The Labute approximate surface area is 146 Å². The van der Waals surface area contributed by atoms with E-state index in [2.05, 4.69) is 5.10 Å². The molecule has 0 N–H and O–H groups in total. The number of benzene rings is 1. The normalized spacial score (nSPS) is 10.5. The second-order valence-corrected chi connectivity index (χ2v) is 5.66. The Morgan fingerprint density at radius 2 is 1.92 bits per heavy atom. The number of aryl methyl sites for hydroxylation is 1. The summed E-state index contributed by atoms with van der Waals surface area (Å²) in [7, 11) is 3.52. The number of hydrogen-bond donors (Lipinski definition) is 0. The molecule has 0 bridgehead atoms. The first kappa shape index (κ1) is 18.1. The first-order valence-corrected chi connectivity index (χ1v) is 8.17. The molecule has 0 aliphatic heterocycles. The Hall–Kier alpha value is -2.21. The summed E-state index contributed by atoms with van der Waals surface area (Å²) in [6.45, 7) is 5.19. The molecule has 0 saturated heterocycles.